The van der Waals surface area contributed by atoms with E-state index in [-0.39, 0.29) is 30.0 Å². The second-order valence-corrected chi connectivity index (χ2v) is 3.67. The summed E-state index contributed by atoms with van der Waals surface area (Å²) in [6.07, 6.45) is -0.423. The van der Waals surface area contributed by atoms with Crippen LogP contribution in [0.2, 0.25) is 0 Å². The van der Waals surface area contributed by atoms with Crippen molar-refractivity contribution in [2.24, 2.45) is 0 Å². The van der Waals surface area contributed by atoms with Gasteiger partial charge in [-0.15, -0.1) is 0 Å². The molecule has 7 heteroatoms. The number of aliphatic carboxylic acids is 2. The summed E-state index contributed by atoms with van der Waals surface area (Å²) in [5, 5.41) is 38.5. The van der Waals surface area contributed by atoms with Crippen LogP contribution in [-0.4, -0.2) is 38.4 Å². The van der Waals surface area contributed by atoms with Crippen molar-refractivity contribution in [3.8, 4) is 11.5 Å². The summed E-state index contributed by atoms with van der Waals surface area (Å²) >= 11 is 0. The van der Waals surface area contributed by atoms with Gasteiger partial charge < -0.3 is 25.7 Å². The maximum atomic E-state index is 10.9. The minimum Gasteiger partial charge on any atom is -0.508 e. The summed E-state index contributed by atoms with van der Waals surface area (Å²) in [5.74, 6) is -2.78. The van der Waals surface area contributed by atoms with Crippen LogP contribution in [0.5, 0.6) is 11.5 Å². The van der Waals surface area contributed by atoms with Crippen molar-refractivity contribution in [2.75, 3.05) is 5.32 Å². The van der Waals surface area contributed by atoms with Crippen LogP contribution in [0.1, 0.15) is 12.8 Å². The highest BCUT2D eigenvalue weighted by molar-refractivity contribution is 5.79. The number of phenolic OH excluding ortho intramolecular Hbond substituents is 2. The molecule has 98 valence electrons. The van der Waals surface area contributed by atoms with Crippen LogP contribution in [0.15, 0.2) is 18.2 Å². The third-order valence-electron chi connectivity index (χ3n) is 2.26. The Bertz CT molecular complexity index is 459. The smallest absolute Gasteiger partial charge is 0.326 e. The number of hydrogen-bond donors (Lipinski definition) is 5. The minimum absolute atomic E-state index is 0.116. The van der Waals surface area contributed by atoms with Crippen LogP contribution in [0.4, 0.5) is 5.69 Å². The number of rotatable bonds is 6. The fraction of sp³-hybridized carbons (Fsp3) is 0.273. The molecule has 0 fully saturated rings. The zero-order valence-corrected chi connectivity index (χ0v) is 9.33. The van der Waals surface area contributed by atoms with Crippen LogP contribution >= 0.6 is 0 Å². The highest BCUT2D eigenvalue weighted by Gasteiger charge is 2.19. The van der Waals surface area contributed by atoms with Crippen molar-refractivity contribution < 1.29 is 30.0 Å². The molecule has 0 aliphatic rings. The Morgan fingerprint density at radius 2 is 1.89 bits per heavy atom. The molecule has 1 aromatic carbocycles. The van der Waals surface area contributed by atoms with E-state index in [0.717, 1.165) is 6.07 Å². The van der Waals surface area contributed by atoms with Crippen molar-refractivity contribution >= 4 is 17.6 Å². The van der Waals surface area contributed by atoms with Gasteiger partial charge in [-0.1, -0.05) is 0 Å². The molecular weight excluding hydrogens is 242 g/mol. The van der Waals surface area contributed by atoms with Gasteiger partial charge in [0.05, 0.1) is 5.69 Å². The van der Waals surface area contributed by atoms with E-state index >= 15 is 0 Å². The van der Waals surface area contributed by atoms with E-state index < -0.39 is 18.0 Å². The Hall–Kier alpha value is -2.44. The quantitative estimate of drug-likeness (QED) is 0.376. The van der Waals surface area contributed by atoms with Gasteiger partial charge in [0.25, 0.3) is 0 Å². The Labute approximate surface area is 102 Å². The molecule has 0 aliphatic carbocycles. The number of benzene rings is 1. The first-order chi connectivity index (χ1) is 8.40. The predicted octanol–water partition coefficient (Wildman–Crippen LogP) is 0.828. The summed E-state index contributed by atoms with van der Waals surface area (Å²) in [6, 6.07) is 2.51. The number of hydrogen-bond acceptors (Lipinski definition) is 5. The number of nitrogens with one attached hydrogen (secondary N) is 1. The average Bonchev–Trinajstić information content (AvgIpc) is 2.26. The van der Waals surface area contributed by atoms with Crippen LogP contribution in [0, 0.1) is 0 Å². The molecule has 7 nitrogen and oxygen atoms in total. The molecule has 5 N–H and O–H groups in total. The summed E-state index contributed by atoms with van der Waals surface area (Å²) in [7, 11) is 0. The highest BCUT2D eigenvalue weighted by atomic mass is 16.4. The summed E-state index contributed by atoms with van der Waals surface area (Å²) in [6.45, 7) is 0. The lowest BCUT2D eigenvalue weighted by Crippen LogP contribution is -2.29. The summed E-state index contributed by atoms with van der Waals surface area (Å²) in [4.78, 5) is 21.3. The molecule has 1 atom stereocenters. The maximum Gasteiger partial charge on any atom is 0.326 e. The molecule has 0 saturated heterocycles. The number of aromatic hydroxyl groups is 2. The Morgan fingerprint density at radius 1 is 1.22 bits per heavy atom. The number of carboxylic acids is 2. The van der Waals surface area contributed by atoms with E-state index in [9.17, 15) is 14.7 Å². The van der Waals surface area contributed by atoms with Gasteiger partial charge in [-0.25, -0.2) is 4.79 Å². The SMILES string of the molecule is O=C(O)CC[C@H](Nc1ccc(O)cc1O)C(=O)O. The normalized spacial score (nSPS) is 11.8. The Kier molecular flexibility index (Phi) is 4.36. The minimum atomic E-state index is -1.22. The van der Waals surface area contributed by atoms with Gasteiger partial charge in [-0.05, 0) is 18.6 Å². The third-order valence-corrected chi connectivity index (χ3v) is 2.26. The van der Waals surface area contributed by atoms with Crippen molar-refractivity contribution in [3.63, 3.8) is 0 Å². The van der Waals surface area contributed by atoms with Gasteiger partial charge in [0, 0.05) is 12.5 Å². The largest absolute Gasteiger partial charge is 0.508 e. The molecular formula is C11H13NO6. The van der Waals surface area contributed by atoms with Gasteiger partial charge in [0.1, 0.15) is 17.5 Å². The fourth-order valence-electron chi connectivity index (χ4n) is 1.35. The zero-order chi connectivity index (χ0) is 13.7. The zero-order valence-electron chi connectivity index (χ0n) is 9.33. The van der Waals surface area contributed by atoms with Crippen molar-refractivity contribution in [1.29, 1.82) is 0 Å². The van der Waals surface area contributed by atoms with E-state index in [2.05, 4.69) is 5.32 Å². The second-order valence-electron chi connectivity index (χ2n) is 3.67. The summed E-state index contributed by atoms with van der Waals surface area (Å²) < 4.78 is 0. The molecule has 18 heavy (non-hydrogen) atoms. The molecule has 0 unspecified atom stereocenters. The van der Waals surface area contributed by atoms with Gasteiger partial charge in [-0.2, -0.15) is 0 Å². The molecule has 0 amide bonds. The standard InChI is InChI=1S/C11H13NO6/c13-6-1-2-7(9(14)5-6)12-8(11(17)18)3-4-10(15)16/h1-2,5,8,12-14H,3-4H2,(H,15,16)(H,17,18)/t8-/m0/s1. The van der Waals surface area contributed by atoms with Crippen LogP contribution in [0.25, 0.3) is 0 Å². The van der Waals surface area contributed by atoms with E-state index in [0.29, 0.717) is 0 Å². The van der Waals surface area contributed by atoms with Crippen molar-refractivity contribution in [1.82, 2.24) is 0 Å². The number of carbonyl (C=O) groups is 2. The molecule has 0 heterocycles. The first kappa shape index (κ1) is 13.6. The number of anilines is 1. The van der Waals surface area contributed by atoms with E-state index in [1.165, 1.54) is 12.1 Å². The van der Waals surface area contributed by atoms with Gasteiger partial charge in [-0.3, -0.25) is 4.79 Å². The van der Waals surface area contributed by atoms with Gasteiger partial charge in [0.15, 0.2) is 0 Å². The lowest BCUT2D eigenvalue weighted by atomic mass is 10.1. The van der Waals surface area contributed by atoms with Crippen LogP contribution < -0.4 is 5.32 Å². The first-order valence-electron chi connectivity index (χ1n) is 5.13. The lowest BCUT2D eigenvalue weighted by Gasteiger charge is -2.15. The molecule has 0 aromatic heterocycles. The molecule has 0 radical (unpaired) electrons. The molecule has 0 spiro atoms. The molecule has 1 aromatic rings. The van der Waals surface area contributed by atoms with E-state index in [1.807, 2.05) is 0 Å². The molecule has 0 bridgehead atoms. The van der Waals surface area contributed by atoms with Gasteiger partial charge >= 0.3 is 11.9 Å². The second kappa shape index (κ2) is 5.76. The third kappa shape index (κ3) is 3.85. The maximum absolute atomic E-state index is 10.9. The monoisotopic (exact) mass is 255 g/mol. The van der Waals surface area contributed by atoms with Gasteiger partial charge in [0.2, 0.25) is 0 Å². The van der Waals surface area contributed by atoms with Crippen molar-refractivity contribution in [3.05, 3.63) is 18.2 Å². The molecule has 0 aliphatic heterocycles. The average molecular weight is 255 g/mol. The predicted molar refractivity (Wildman–Crippen MR) is 61.7 cm³/mol. The first-order valence-corrected chi connectivity index (χ1v) is 5.13. The molecule has 1 rings (SSSR count). The fourth-order valence-corrected chi connectivity index (χ4v) is 1.35. The van der Waals surface area contributed by atoms with Crippen LogP contribution in [-0.2, 0) is 9.59 Å². The Balaban J connectivity index is 2.76. The van der Waals surface area contributed by atoms with E-state index in [1.54, 1.807) is 0 Å². The lowest BCUT2D eigenvalue weighted by molar-refractivity contribution is -0.139. The van der Waals surface area contributed by atoms with Crippen LogP contribution in [0.3, 0.4) is 0 Å². The molecule has 0 saturated carbocycles. The Morgan fingerprint density at radius 3 is 2.39 bits per heavy atom. The van der Waals surface area contributed by atoms with Crippen molar-refractivity contribution in [2.45, 2.75) is 18.9 Å². The number of carboxylic acid groups (broad SMARTS) is 2. The topological polar surface area (TPSA) is 127 Å². The van der Waals surface area contributed by atoms with E-state index in [4.69, 9.17) is 15.3 Å². The number of phenols is 2. The summed E-state index contributed by atoms with van der Waals surface area (Å²) in [5.41, 5.74) is 0.116. The highest BCUT2D eigenvalue weighted by Crippen LogP contribution is 2.28.